The smallest absolute Gasteiger partial charge is 0.303 e. The van der Waals surface area contributed by atoms with Crippen LogP contribution in [0.4, 0.5) is 0 Å². The highest BCUT2D eigenvalue weighted by molar-refractivity contribution is 5.66. The maximum absolute atomic E-state index is 10.5. The van der Waals surface area contributed by atoms with Gasteiger partial charge in [-0.2, -0.15) is 0 Å². The summed E-state index contributed by atoms with van der Waals surface area (Å²) in [5, 5.41) is 8.62. The molecule has 0 radical (unpaired) electrons. The molecule has 0 amide bonds. The number of carbonyl (C=O) groups is 1. The van der Waals surface area contributed by atoms with Crippen molar-refractivity contribution < 1.29 is 9.90 Å². The molecule has 0 spiro atoms. The zero-order valence-corrected chi connectivity index (χ0v) is 12.9. The fraction of sp³-hybridized carbons (Fsp3) is 0.722. The molecule has 0 aliphatic heterocycles. The van der Waals surface area contributed by atoms with Crippen LogP contribution in [0.15, 0.2) is 24.3 Å². The molecule has 0 saturated heterocycles. The first-order valence-corrected chi connectivity index (χ1v) is 8.30. The van der Waals surface area contributed by atoms with Gasteiger partial charge >= 0.3 is 5.97 Å². The maximum Gasteiger partial charge on any atom is 0.303 e. The maximum atomic E-state index is 10.5. The van der Waals surface area contributed by atoms with Crippen LogP contribution in [0, 0.1) is 11.8 Å². The fourth-order valence-corrected chi connectivity index (χ4v) is 2.96. The van der Waals surface area contributed by atoms with E-state index < -0.39 is 5.97 Å². The van der Waals surface area contributed by atoms with Gasteiger partial charge < -0.3 is 5.11 Å². The van der Waals surface area contributed by atoms with Gasteiger partial charge in [-0.15, -0.1) is 0 Å². The molecule has 2 heteroatoms. The Hall–Kier alpha value is -1.05. The highest BCUT2D eigenvalue weighted by Gasteiger charge is 2.17. The van der Waals surface area contributed by atoms with Gasteiger partial charge in [-0.3, -0.25) is 4.79 Å². The minimum absolute atomic E-state index is 0.320. The zero-order chi connectivity index (χ0) is 14.6. The molecule has 2 nitrogen and oxygen atoms in total. The van der Waals surface area contributed by atoms with Crippen LogP contribution in [0.1, 0.15) is 71.1 Å². The predicted molar refractivity (Wildman–Crippen MR) is 84.7 cm³/mol. The highest BCUT2D eigenvalue weighted by atomic mass is 16.4. The van der Waals surface area contributed by atoms with Crippen LogP contribution in [0.5, 0.6) is 0 Å². The Bertz CT molecular complexity index is 317. The van der Waals surface area contributed by atoms with Crippen LogP contribution in [-0.2, 0) is 4.79 Å². The van der Waals surface area contributed by atoms with Gasteiger partial charge in [0, 0.05) is 6.42 Å². The van der Waals surface area contributed by atoms with Crippen molar-refractivity contribution in [2.45, 2.75) is 71.1 Å². The number of unbranched alkanes of at least 4 members (excludes halogenated alkanes) is 5. The minimum Gasteiger partial charge on any atom is -0.481 e. The third kappa shape index (κ3) is 7.52. The highest BCUT2D eigenvalue weighted by Crippen LogP contribution is 2.29. The van der Waals surface area contributed by atoms with Gasteiger partial charge in [-0.25, -0.2) is 0 Å². The summed E-state index contributed by atoms with van der Waals surface area (Å²) in [5.41, 5.74) is 0. The predicted octanol–water partition coefficient (Wildman–Crippen LogP) is 5.35. The van der Waals surface area contributed by atoms with E-state index in [1.807, 2.05) is 0 Å². The van der Waals surface area contributed by atoms with Gasteiger partial charge in [0.15, 0.2) is 0 Å². The summed E-state index contributed by atoms with van der Waals surface area (Å²) in [5.74, 6) is 0.710. The van der Waals surface area contributed by atoms with Crippen LogP contribution in [0.25, 0.3) is 0 Å². The number of aliphatic carboxylic acids is 1. The number of allylic oxidation sites excluding steroid dienone is 4. The van der Waals surface area contributed by atoms with Gasteiger partial charge in [0.2, 0.25) is 0 Å². The third-order valence-electron chi connectivity index (χ3n) is 4.20. The van der Waals surface area contributed by atoms with Crippen LogP contribution in [0.3, 0.4) is 0 Å². The lowest BCUT2D eigenvalue weighted by Gasteiger charge is -2.24. The van der Waals surface area contributed by atoms with Gasteiger partial charge in [-0.05, 0) is 31.1 Å². The second kappa shape index (κ2) is 10.7. The lowest BCUT2D eigenvalue weighted by atomic mass is 9.81. The molecule has 1 aliphatic rings. The topological polar surface area (TPSA) is 37.3 Å². The van der Waals surface area contributed by atoms with Crippen LogP contribution in [-0.4, -0.2) is 11.1 Å². The van der Waals surface area contributed by atoms with Crippen molar-refractivity contribution in [1.29, 1.82) is 0 Å². The first-order valence-electron chi connectivity index (χ1n) is 8.30. The summed E-state index contributed by atoms with van der Waals surface area (Å²) in [4.78, 5) is 10.5. The molecule has 1 aliphatic carbocycles. The largest absolute Gasteiger partial charge is 0.481 e. The van der Waals surface area contributed by atoms with Gasteiger partial charge in [0.1, 0.15) is 0 Å². The SMILES string of the molecule is CCCCCCC1C=CC=CC1CCCCCC(=O)O. The number of hydrogen-bond donors (Lipinski definition) is 1. The van der Waals surface area contributed by atoms with Crippen LogP contribution in [0.2, 0.25) is 0 Å². The Morgan fingerprint density at radius 3 is 1.95 bits per heavy atom. The van der Waals surface area contributed by atoms with Crippen molar-refractivity contribution in [2.75, 3.05) is 0 Å². The van der Waals surface area contributed by atoms with Crippen LogP contribution < -0.4 is 0 Å². The summed E-state index contributed by atoms with van der Waals surface area (Å²) in [6.07, 6.45) is 20.3. The molecule has 1 rings (SSSR count). The first-order chi connectivity index (χ1) is 9.74. The summed E-state index contributed by atoms with van der Waals surface area (Å²) in [6.45, 7) is 2.25. The van der Waals surface area contributed by atoms with Crippen molar-refractivity contribution in [3.05, 3.63) is 24.3 Å². The molecule has 0 bridgehead atoms. The standard InChI is InChI=1S/C18H30O2/c1-2-3-4-6-11-16-13-9-10-14-17(16)12-7-5-8-15-18(19)20/h9-10,13-14,16-17H,2-8,11-12,15H2,1H3,(H,19,20). The number of hydrogen-bond acceptors (Lipinski definition) is 1. The molecule has 0 aromatic carbocycles. The molecule has 2 unspecified atom stereocenters. The lowest BCUT2D eigenvalue weighted by molar-refractivity contribution is -0.137. The van der Waals surface area contributed by atoms with E-state index in [4.69, 9.17) is 5.11 Å². The average molecular weight is 278 g/mol. The van der Waals surface area contributed by atoms with E-state index in [1.54, 1.807) is 0 Å². The third-order valence-corrected chi connectivity index (χ3v) is 4.20. The van der Waals surface area contributed by atoms with Crippen molar-refractivity contribution in [2.24, 2.45) is 11.8 Å². The minimum atomic E-state index is -0.667. The monoisotopic (exact) mass is 278 g/mol. The first kappa shape index (κ1) is 17.0. The molecule has 0 saturated carbocycles. The van der Waals surface area contributed by atoms with E-state index in [1.165, 1.54) is 38.5 Å². The molecule has 20 heavy (non-hydrogen) atoms. The van der Waals surface area contributed by atoms with Crippen molar-refractivity contribution in [1.82, 2.24) is 0 Å². The summed E-state index contributed by atoms with van der Waals surface area (Å²) >= 11 is 0. The fourth-order valence-electron chi connectivity index (χ4n) is 2.96. The second-order valence-electron chi connectivity index (χ2n) is 5.94. The Labute approximate surface area is 124 Å². The number of carboxylic acid groups (broad SMARTS) is 1. The van der Waals surface area contributed by atoms with Gasteiger partial charge in [0.25, 0.3) is 0 Å². The van der Waals surface area contributed by atoms with Gasteiger partial charge in [-0.1, -0.05) is 69.8 Å². The van der Waals surface area contributed by atoms with E-state index in [9.17, 15) is 4.79 Å². The molecule has 2 atom stereocenters. The summed E-state index contributed by atoms with van der Waals surface area (Å²) < 4.78 is 0. The van der Waals surface area contributed by atoms with E-state index in [0.29, 0.717) is 18.3 Å². The molecular formula is C18H30O2. The lowest BCUT2D eigenvalue weighted by Crippen LogP contribution is -2.13. The van der Waals surface area contributed by atoms with Gasteiger partial charge in [0.05, 0.1) is 0 Å². The molecule has 0 fully saturated rings. The average Bonchev–Trinajstić information content (AvgIpc) is 2.44. The summed E-state index contributed by atoms with van der Waals surface area (Å²) in [6, 6.07) is 0. The molecule has 0 aromatic heterocycles. The molecular weight excluding hydrogens is 248 g/mol. The van der Waals surface area contributed by atoms with E-state index in [0.717, 1.165) is 19.3 Å². The van der Waals surface area contributed by atoms with Crippen molar-refractivity contribution >= 4 is 5.97 Å². The van der Waals surface area contributed by atoms with E-state index in [-0.39, 0.29) is 0 Å². The Balaban J connectivity index is 2.18. The molecule has 0 aromatic rings. The van der Waals surface area contributed by atoms with E-state index >= 15 is 0 Å². The Kier molecular flexibility index (Phi) is 9.10. The number of carboxylic acids is 1. The Morgan fingerprint density at radius 1 is 0.900 bits per heavy atom. The normalized spacial score (nSPS) is 21.2. The molecule has 114 valence electrons. The van der Waals surface area contributed by atoms with E-state index in [2.05, 4.69) is 31.2 Å². The zero-order valence-electron chi connectivity index (χ0n) is 12.9. The van der Waals surface area contributed by atoms with Crippen LogP contribution >= 0.6 is 0 Å². The van der Waals surface area contributed by atoms with Crippen molar-refractivity contribution in [3.63, 3.8) is 0 Å². The molecule has 0 heterocycles. The molecule has 1 N–H and O–H groups in total. The van der Waals surface area contributed by atoms with Crippen molar-refractivity contribution in [3.8, 4) is 0 Å². The number of rotatable bonds is 11. The second-order valence-corrected chi connectivity index (χ2v) is 5.94. The summed E-state index contributed by atoms with van der Waals surface area (Å²) in [7, 11) is 0. The quantitative estimate of drug-likeness (QED) is 0.517. The Morgan fingerprint density at radius 2 is 1.45 bits per heavy atom.